The highest BCUT2D eigenvalue weighted by Crippen LogP contribution is 2.53. The van der Waals surface area contributed by atoms with E-state index in [1.54, 1.807) is 64.0 Å². The molecule has 0 radical (unpaired) electrons. The van der Waals surface area contributed by atoms with E-state index in [0.29, 0.717) is 25.9 Å². The van der Waals surface area contributed by atoms with Crippen LogP contribution in [0.2, 0.25) is 0 Å². The summed E-state index contributed by atoms with van der Waals surface area (Å²) < 4.78 is 71.1. The molecule has 3 rings (SSSR count). The van der Waals surface area contributed by atoms with Crippen LogP contribution in [-0.4, -0.2) is 189 Å². The van der Waals surface area contributed by atoms with Crippen molar-refractivity contribution in [3.05, 3.63) is 47.6 Å². The summed E-state index contributed by atoms with van der Waals surface area (Å²) in [6, 6.07) is 0. The molecule has 0 bridgehead atoms. The lowest BCUT2D eigenvalue weighted by molar-refractivity contribution is -0.298. The summed E-state index contributed by atoms with van der Waals surface area (Å²) in [4.78, 5) is 0. The molecule has 22 atom stereocenters. The van der Waals surface area contributed by atoms with Crippen LogP contribution in [0.15, 0.2) is 47.6 Å². The fraction of sp³-hybridized carbons (Fsp3) is 0.846. The van der Waals surface area contributed by atoms with Crippen LogP contribution in [0.4, 0.5) is 0 Å². The van der Waals surface area contributed by atoms with Gasteiger partial charge >= 0.3 is 0 Å². The lowest BCUT2D eigenvalue weighted by atomic mass is 9.81. The second-order valence-corrected chi connectivity index (χ2v) is 19.3. The minimum atomic E-state index is -1.06. The first-order valence-electron chi connectivity index (χ1n) is 24.5. The van der Waals surface area contributed by atoms with Crippen LogP contribution in [-0.2, 0) is 56.8 Å². The smallest absolute Gasteiger partial charge is 0.186 e. The normalized spacial score (nSPS) is 35.2. The molecule has 0 aromatic rings. The third kappa shape index (κ3) is 14.7. The van der Waals surface area contributed by atoms with E-state index in [4.69, 9.17) is 56.8 Å². The van der Waals surface area contributed by atoms with E-state index in [-0.39, 0.29) is 47.7 Å². The Hall–Kier alpha value is -1.68. The highest BCUT2D eigenvalue weighted by molar-refractivity contribution is 5.22. The second kappa shape index (κ2) is 29.1. The minimum Gasteiger partial charge on any atom is -0.392 e. The van der Waals surface area contributed by atoms with Gasteiger partial charge < -0.3 is 77.3 Å². The van der Waals surface area contributed by atoms with Gasteiger partial charge in [-0.1, -0.05) is 78.0 Å². The van der Waals surface area contributed by atoms with Gasteiger partial charge in [-0.2, -0.15) is 0 Å². The fourth-order valence-electron chi connectivity index (χ4n) is 10.5. The first-order valence-corrected chi connectivity index (χ1v) is 24.5. The Labute approximate surface area is 408 Å². The van der Waals surface area contributed by atoms with Crippen molar-refractivity contribution in [3.63, 3.8) is 0 Å². The standard InChI is InChI=1S/C52H92O16/c1-18-37(57-9)33(6)40(54)35(8)39(53)29(2)22-19-23-30(3)43-45(60-12)47(49(63-15)51(65-17)68-43)66-27-21-26-38(58-10)34(7)41(55)36-28-52(36,56)32(5)25-20-24-31(4)42-44(59-11)46(61-13)48(62-14)50(64-16)67-42/h19-20,22-25,29,32-51,53-56H,18,21,26-28H2,1-17H3/b22-19+,25-20+,30-23+,31-24+/t29-,32-,33+,34+,35?,36+,37-,38-,39+,40-,41-,42-,43-,44-,45+,46-,47-,48+,49-,50-,51-,52-/m0/s1. The maximum absolute atomic E-state index is 11.7. The Kier molecular flexibility index (Phi) is 26.0. The summed E-state index contributed by atoms with van der Waals surface area (Å²) in [7, 11) is 14.4. The Bertz CT molecular complexity index is 1550. The molecule has 3 aliphatic rings. The minimum absolute atomic E-state index is 0.0942. The number of ether oxygens (including phenoxy) is 12. The molecule has 1 unspecified atom stereocenters. The first-order chi connectivity index (χ1) is 32.3. The summed E-state index contributed by atoms with van der Waals surface area (Å²) >= 11 is 0. The van der Waals surface area contributed by atoms with Crippen molar-refractivity contribution >= 4 is 0 Å². The molecule has 2 heterocycles. The molecule has 3 fully saturated rings. The molecule has 1 saturated carbocycles. The third-order valence-electron chi connectivity index (χ3n) is 15.3. The molecular formula is C52H92O16. The Balaban J connectivity index is 1.61. The molecule has 0 aromatic heterocycles. The molecule has 396 valence electrons. The van der Waals surface area contributed by atoms with Gasteiger partial charge in [0.25, 0.3) is 0 Å². The Morgan fingerprint density at radius 2 is 1.09 bits per heavy atom. The van der Waals surface area contributed by atoms with Crippen LogP contribution in [0.25, 0.3) is 0 Å². The van der Waals surface area contributed by atoms with Crippen molar-refractivity contribution in [2.24, 2.45) is 35.5 Å². The predicted molar refractivity (Wildman–Crippen MR) is 259 cm³/mol. The zero-order valence-electron chi connectivity index (χ0n) is 44.3. The Morgan fingerprint density at radius 1 is 0.603 bits per heavy atom. The van der Waals surface area contributed by atoms with Gasteiger partial charge in [-0.25, -0.2) is 0 Å². The van der Waals surface area contributed by atoms with Gasteiger partial charge in [0.05, 0.1) is 36.1 Å². The first kappa shape index (κ1) is 60.6. The maximum Gasteiger partial charge on any atom is 0.186 e. The van der Waals surface area contributed by atoms with Gasteiger partial charge in [-0.05, 0) is 50.7 Å². The molecule has 4 N–H and O–H groups in total. The van der Waals surface area contributed by atoms with E-state index in [1.807, 2.05) is 91.8 Å². The highest BCUT2D eigenvalue weighted by atomic mass is 16.7. The van der Waals surface area contributed by atoms with Crippen LogP contribution >= 0.6 is 0 Å². The van der Waals surface area contributed by atoms with Crippen LogP contribution in [0.3, 0.4) is 0 Å². The number of hydrogen-bond acceptors (Lipinski definition) is 16. The zero-order chi connectivity index (χ0) is 51.0. The van der Waals surface area contributed by atoms with Gasteiger partial charge in [0.15, 0.2) is 12.6 Å². The molecule has 0 aromatic carbocycles. The number of hydrogen-bond donors (Lipinski definition) is 4. The average Bonchev–Trinajstić information content (AvgIpc) is 4.05. The molecule has 2 aliphatic heterocycles. The summed E-state index contributed by atoms with van der Waals surface area (Å²) in [5.74, 6) is -1.56. The molecule has 0 amide bonds. The number of rotatable bonds is 30. The number of allylic oxidation sites excluding steroid dienone is 4. The van der Waals surface area contributed by atoms with Crippen molar-refractivity contribution in [1.29, 1.82) is 0 Å². The molecule has 68 heavy (non-hydrogen) atoms. The third-order valence-corrected chi connectivity index (χ3v) is 15.3. The molecule has 2 saturated heterocycles. The van der Waals surface area contributed by atoms with E-state index in [0.717, 1.165) is 17.6 Å². The van der Waals surface area contributed by atoms with E-state index < -0.39 is 85.3 Å². The summed E-state index contributed by atoms with van der Waals surface area (Å²) in [6.07, 6.45) is 5.99. The average molecular weight is 973 g/mol. The molecule has 16 nitrogen and oxygen atoms in total. The van der Waals surface area contributed by atoms with Crippen LogP contribution in [0.1, 0.15) is 81.1 Å². The second-order valence-electron chi connectivity index (χ2n) is 19.3. The lowest BCUT2D eigenvalue weighted by Gasteiger charge is -2.45. The van der Waals surface area contributed by atoms with Crippen molar-refractivity contribution in [2.75, 3.05) is 70.6 Å². The number of aliphatic hydroxyl groups excluding tert-OH is 3. The fourth-order valence-corrected chi connectivity index (χ4v) is 10.5. The molecule has 1 aliphatic carbocycles. The van der Waals surface area contributed by atoms with Crippen molar-refractivity contribution in [3.8, 4) is 0 Å². The van der Waals surface area contributed by atoms with Gasteiger partial charge in [0.2, 0.25) is 0 Å². The monoisotopic (exact) mass is 973 g/mol. The quantitative estimate of drug-likeness (QED) is 0.0526. The van der Waals surface area contributed by atoms with Crippen molar-refractivity contribution < 1.29 is 77.3 Å². The summed E-state index contributed by atoms with van der Waals surface area (Å²) in [5.41, 5.74) is 0.693. The van der Waals surface area contributed by atoms with Crippen LogP contribution in [0, 0.1) is 35.5 Å². The van der Waals surface area contributed by atoms with Crippen molar-refractivity contribution in [1.82, 2.24) is 0 Å². The predicted octanol–water partition coefficient (Wildman–Crippen LogP) is 5.43. The van der Waals surface area contributed by atoms with Gasteiger partial charge in [-0.3, -0.25) is 0 Å². The maximum atomic E-state index is 11.7. The van der Waals surface area contributed by atoms with Gasteiger partial charge in [0.1, 0.15) is 48.8 Å². The molecule has 0 spiro atoms. The van der Waals surface area contributed by atoms with E-state index >= 15 is 0 Å². The summed E-state index contributed by atoms with van der Waals surface area (Å²) in [6.45, 7) is 15.9. The topological polar surface area (TPSA) is 192 Å². The van der Waals surface area contributed by atoms with Crippen LogP contribution in [0.5, 0.6) is 0 Å². The van der Waals surface area contributed by atoms with Gasteiger partial charge in [-0.15, -0.1) is 0 Å². The highest BCUT2D eigenvalue weighted by Gasteiger charge is 2.60. The zero-order valence-corrected chi connectivity index (χ0v) is 44.3. The SMILES string of the molecule is CC[C@H](OC)[C@@H](C)[C@H](O)C(C)[C@H](O)[C@@H](C)/C=C/C=C(\C)[C@@H]1O[C@H](OC)[C@@H](OC)[C@@H](OCCC[C@H](OC)[C@@H](C)[C@H](O)[C@H]2C[C@]2(O)[C@@H](C)/C=C/C=C(\C)[C@@H]2O[C@H](OC)[C@H](OC)[C@@H](OC)[C@H]2OC)[C@@H]1OC. The number of methoxy groups -OCH3 is 9. The van der Waals surface area contributed by atoms with Crippen LogP contribution < -0.4 is 0 Å². The largest absolute Gasteiger partial charge is 0.392 e. The van der Waals surface area contributed by atoms with E-state index in [2.05, 4.69) is 0 Å². The van der Waals surface area contributed by atoms with E-state index in [9.17, 15) is 20.4 Å². The lowest BCUT2D eigenvalue weighted by Crippen LogP contribution is -2.60. The number of aliphatic hydroxyl groups is 4. The molecular weight excluding hydrogens is 881 g/mol. The van der Waals surface area contributed by atoms with Gasteiger partial charge in [0, 0.05) is 106 Å². The van der Waals surface area contributed by atoms with Crippen molar-refractivity contribution in [2.45, 2.75) is 179 Å². The Morgan fingerprint density at radius 3 is 1.56 bits per heavy atom. The summed E-state index contributed by atoms with van der Waals surface area (Å²) in [5, 5.41) is 45.5. The molecule has 16 heteroatoms. The van der Waals surface area contributed by atoms with E-state index in [1.165, 1.54) is 0 Å².